The zero-order valence-electron chi connectivity index (χ0n) is 14.1. The molecule has 0 aliphatic carbocycles. The van der Waals surface area contributed by atoms with Gasteiger partial charge < -0.3 is 0 Å². The summed E-state index contributed by atoms with van der Waals surface area (Å²) in [5.74, 6) is 0.392. The predicted octanol–water partition coefficient (Wildman–Crippen LogP) is 6.93. The largest absolute Gasteiger partial charge is 0.294 e. The van der Waals surface area contributed by atoms with Gasteiger partial charge in [0, 0.05) is 12.0 Å². The lowest BCUT2D eigenvalue weighted by atomic mass is 9.89. The van der Waals surface area contributed by atoms with Crippen molar-refractivity contribution < 1.29 is 4.79 Å². The number of Topliss-reactive ketones (excluding diaryl/α,β-unsaturated/α-hetero) is 1. The maximum atomic E-state index is 12.5. The summed E-state index contributed by atoms with van der Waals surface area (Å²) in [5, 5.41) is 1.09. The molecule has 0 radical (unpaired) electrons. The quantitative estimate of drug-likeness (QED) is 0.386. The Balaban J connectivity index is 2.11. The number of hydrogen-bond acceptors (Lipinski definition) is 1. The lowest BCUT2D eigenvalue weighted by Gasteiger charge is -2.16. The highest BCUT2D eigenvalue weighted by molar-refractivity contribution is 6.42. The molecule has 2 aromatic rings. The van der Waals surface area contributed by atoms with Gasteiger partial charge in [-0.1, -0.05) is 52.5 Å². The van der Waals surface area contributed by atoms with Gasteiger partial charge in [0.25, 0.3) is 0 Å². The van der Waals surface area contributed by atoms with Crippen LogP contribution >= 0.6 is 23.2 Å². The van der Waals surface area contributed by atoms with E-state index < -0.39 is 0 Å². The van der Waals surface area contributed by atoms with Crippen molar-refractivity contribution in [3.8, 4) is 0 Å². The van der Waals surface area contributed by atoms with Crippen molar-refractivity contribution in [1.29, 1.82) is 0 Å². The van der Waals surface area contributed by atoms with E-state index in [2.05, 4.69) is 12.6 Å². The molecule has 2 aromatic carbocycles. The van der Waals surface area contributed by atoms with E-state index in [0.29, 0.717) is 16.5 Å². The van der Waals surface area contributed by atoms with E-state index in [4.69, 9.17) is 23.2 Å². The zero-order chi connectivity index (χ0) is 17.7. The number of hydrogen-bond donors (Lipinski definition) is 0. The second-order valence-corrected chi connectivity index (χ2v) is 7.05. The first-order valence-corrected chi connectivity index (χ1v) is 8.83. The van der Waals surface area contributed by atoms with Crippen LogP contribution in [0.25, 0.3) is 0 Å². The molecule has 0 saturated carbocycles. The fourth-order valence-corrected chi connectivity index (χ4v) is 3.28. The minimum absolute atomic E-state index is 0.177. The predicted molar refractivity (Wildman–Crippen MR) is 103 cm³/mol. The molecule has 0 aromatic heterocycles. The summed E-state index contributed by atoms with van der Waals surface area (Å²) in [6.07, 6.45) is 3.95. The zero-order valence-corrected chi connectivity index (χ0v) is 15.6. The van der Waals surface area contributed by atoms with Crippen LogP contribution in [0.3, 0.4) is 0 Å². The number of carbonyl (C=O) groups is 1. The summed E-state index contributed by atoms with van der Waals surface area (Å²) in [5.41, 5.74) is 4.12. The van der Waals surface area contributed by atoms with Crippen LogP contribution < -0.4 is 0 Å². The second kappa shape index (κ2) is 8.50. The number of allylic oxidation sites excluding steroid dienone is 1. The van der Waals surface area contributed by atoms with Gasteiger partial charge in [0.1, 0.15) is 0 Å². The molecule has 0 fully saturated rings. The summed E-state index contributed by atoms with van der Waals surface area (Å²) in [4.78, 5) is 12.5. The fourth-order valence-electron chi connectivity index (χ4n) is 2.97. The molecular formula is C21H22Cl2O. The number of halogens is 2. The van der Waals surface area contributed by atoms with Crippen LogP contribution in [-0.2, 0) is 0 Å². The Morgan fingerprint density at radius 1 is 1.08 bits per heavy atom. The van der Waals surface area contributed by atoms with Gasteiger partial charge in [-0.25, -0.2) is 0 Å². The first-order chi connectivity index (χ1) is 11.4. The Bertz CT molecular complexity index is 729. The Kier molecular flexibility index (Phi) is 6.65. The molecule has 24 heavy (non-hydrogen) atoms. The fraction of sp³-hybridized carbons (Fsp3) is 0.286. The van der Waals surface area contributed by atoms with Gasteiger partial charge in [0.05, 0.1) is 10.0 Å². The molecule has 1 unspecified atom stereocenters. The summed E-state index contributed by atoms with van der Waals surface area (Å²) < 4.78 is 0. The van der Waals surface area contributed by atoms with Crippen molar-refractivity contribution >= 4 is 29.0 Å². The molecule has 0 amide bonds. The number of ketones is 1. The molecule has 0 saturated heterocycles. The average molecular weight is 361 g/mol. The molecule has 3 heteroatoms. The van der Waals surface area contributed by atoms with Crippen LogP contribution in [0.2, 0.25) is 10.0 Å². The minimum Gasteiger partial charge on any atom is -0.294 e. The monoisotopic (exact) mass is 360 g/mol. The van der Waals surface area contributed by atoms with Crippen molar-refractivity contribution in [2.75, 3.05) is 0 Å². The molecule has 0 spiro atoms. The lowest BCUT2D eigenvalue weighted by molar-refractivity contribution is 0.0977. The van der Waals surface area contributed by atoms with E-state index in [1.807, 2.05) is 44.2 Å². The van der Waals surface area contributed by atoms with Gasteiger partial charge in [0.15, 0.2) is 5.78 Å². The van der Waals surface area contributed by atoms with Crippen LogP contribution in [0.4, 0.5) is 0 Å². The van der Waals surface area contributed by atoms with Gasteiger partial charge in [-0.05, 0) is 62.4 Å². The van der Waals surface area contributed by atoms with Crippen molar-refractivity contribution in [1.82, 2.24) is 0 Å². The van der Waals surface area contributed by atoms with E-state index in [-0.39, 0.29) is 11.7 Å². The highest BCUT2D eigenvalue weighted by Crippen LogP contribution is 2.31. The van der Waals surface area contributed by atoms with E-state index in [9.17, 15) is 4.79 Å². The molecule has 0 bridgehead atoms. The molecule has 126 valence electrons. The second-order valence-electron chi connectivity index (χ2n) is 6.23. The number of benzene rings is 2. The SMILES string of the molecule is C=CCC(CCC(=O)c1cc(C)cc(C)c1)c1ccc(Cl)c(Cl)c1. The normalized spacial score (nSPS) is 12.0. The first-order valence-electron chi connectivity index (χ1n) is 8.08. The van der Waals surface area contributed by atoms with Gasteiger partial charge in [-0.15, -0.1) is 6.58 Å². The molecule has 0 aliphatic rings. The number of rotatable bonds is 7. The summed E-state index contributed by atoms with van der Waals surface area (Å²) in [6.45, 7) is 7.86. The summed E-state index contributed by atoms with van der Waals surface area (Å²) in [7, 11) is 0. The van der Waals surface area contributed by atoms with Crippen LogP contribution in [0.15, 0.2) is 49.1 Å². The third-order valence-corrected chi connectivity index (χ3v) is 4.87. The van der Waals surface area contributed by atoms with Gasteiger partial charge in [-0.2, -0.15) is 0 Å². The molecule has 1 nitrogen and oxygen atoms in total. The third kappa shape index (κ3) is 4.96. The van der Waals surface area contributed by atoms with E-state index in [0.717, 1.165) is 35.1 Å². The third-order valence-electron chi connectivity index (χ3n) is 4.13. The van der Waals surface area contributed by atoms with Crippen LogP contribution in [0.1, 0.15) is 52.2 Å². The number of carbonyl (C=O) groups excluding carboxylic acids is 1. The smallest absolute Gasteiger partial charge is 0.162 e. The highest BCUT2D eigenvalue weighted by Gasteiger charge is 2.15. The molecular weight excluding hydrogens is 339 g/mol. The minimum atomic E-state index is 0.177. The summed E-state index contributed by atoms with van der Waals surface area (Å²) >= 11 is 12.1. The standard InChI is InChI=1S/C21H22Cl2O/c1-4-5-16(17-6-8-19(22)20(23)13-17)7-9-21(24)18-11-14(2)10-15(3)12-18/h4,6,8,10-13,16H,1,5,7,9H2,2-3H3. The molecule has 2 rings (SSSR count). The first kappa shape index (κ1) is 18.8. The number of aryl methyl sites for hydroxylation is 2. The van der Waals surface area contributed by atoms with Crippen molar-refractivity contribution in [3.63, 3.8) is 0 Å². The van der Waals surface area contributed by atoms with Crippen molar-refractivity contribution in [2.45, 2.75) is 39.0 Å². The van der Waals surface area contributed by atoms with Crippen molar-refractivity contribution in [3.05, 3.63) is 81.4 Å². The Hall–Kier alpha value is -1.57. The molecule has 0 N–H and O–H groups in total. The molecule has 1 atom stereocenters. The van der Waals surface area contributed by atoms with E-state index >= 15 is 0 Å². The lowest BCUT2D eigenvalue weighted by Crippen LogP contribution is -2.05. The average Bonchev–Trinajstić information content (AvgIpc) is 2.53. The van der Waals surface area contributed by atoms with Gasteiger partial charge in [-0.3, -0.25) is 4.79 Å². The molecule has 0 aliphatic heterocycles. The molecule has 0 heterocycles. The van der Waals surface area contributed by atoms with Crippen LogP contribution in [0, 0.1) is 13.8 Å². The van der Waals surface area contributed by atoms with Gasteiger partial charge in [0.2, 0.25) is 0 Å². The maximum Gasteiger partial charge on any atom is 0.162 e. The van der Waals surface area contributed by atoms with Crippen LogP contribution in [-0.4, -0.2) is 5.78 Å². The van der Waals surface area contributed by atoms with Crippen molar-refractivity contribution in [2.24, 2.45) is 0 Å². The maximum absolute atomic E-state index is 12.5. The van der Waals surface area contributed by atoms with E-state index in [1.165, 1.54) is 0 Å². The van der Waals surface area contributed by atoms with Crippen LogP contribution in [0.5, 0.6) is 0 Å². The Morgan fingerprint density at radius 3 is 2.33 bits per heavy atom. The van der Waals surface area contributed by atoms with Gasteiger partial charge >= 0.3 is 0 Å². The van der Waals surface area contributed by atoms with E-state index in [1.54, 1.807) is 6.07 Å². The summed E-state index contributed by atoms with van der Waals surface area (Å²) in [6, 6.07) is 11.7. The highest BCUT2D eigenvalue weighted by atomic mass is 35.5. The Morgan fingerprint density at radius 2 is 1.75 bits per heavy atom. The Labute approximate surface area is 154 Å². The topological polar surface area (TPSA) is 17.1 Å².